The fraction of sp³-hybridized carbons (Fsp3) is 0.500. The molecule has 0 saturated carbocycles. The number of H-pyrrole nitrogens is 1. The van der Waals surface area contributed by atoms with Crippen molar-refractivity contribution < 1.29 is 0 Å². The van der Waals surface area contributed by atoms with Gasteiger partial charge in [-0.2, -0.15) is 0 Å². The van der Waals surface area contributed by atoms with Crippen LogP contribution in [0.4, 0.5) is 5.69 Å². The lowest BCUT2D eigenvalue weighted by Gasteiger charge is -2.34. The van der Waals surface area contributed by atoms with Gasteiger partial charge in [-0.3, -0.25) is 4.90 Å². The summed E-state index contributed by atoms with van der Waals surface area (Å²) in [6.07, 6.45) is 10.5. The van der Waals surface area contributed by atoms with E-state index in [4.69, 9.17) is 0 Å². The van der Waals surface area contributed by atoms with Gasteiger partial charge in [0.05, 0.1) is 6.54 Å². The Morgan fingerprint density at radius 1 is 1.14 bits per heavy atom. The molecule has 1 aromatic carbocycles. The first-order valence-electron chi connectivity index (χ1n) is 8.48. The molecule has 2 fully saturated rings. The van der Waals surface area contributed by atoms with Crippen LogP contribution in [-0.4, -0.2) is 27.5 Å². The SMILES string of the molecule is c1c[nH]c(CNc2ccc([C@H]3CC[C@H]4CCCCN43)cc2)n1. The van der Waals surface area contributed by atoms with Gasteiger partial charge in [0.2, 0.25) is 0 Å². The van der Waals surface area contributed by atoms with Gasteiger partial charge in [-0.15, -0.1) is 0 Å². The molecule has 0 bridgehead atoms. The molecular formula is C18H24N4. The van der Waals surface area contributed by atoms with E-state index in [1.165, 1.54) is 44.2 Å². The first kappa shape index (κ1) is 13.8. The molecule has 0 aliphatic carbocycles. The number of hydrogen-bond donors (Lipinski definition) is 2. The van der Waals surface area contributed by atoms with E-state index in [0.717, 1.165) is 24.1 Å². The van der Waals surface area contributed by atoms with Crippen LogP contribution in [0.5, 0.6) is 0 Å². The van der Waals surface area contributed by atoms with E-state index < -0.39 is 0 Å². The van der Waals surface area contributed by atoms with Gasteiger partial charge >= 0.3 is 0 Å². The maximum atomic E-state index is 4.23. The van der Waals surface area contributed by atoms with Gasteiger partial charge in [-0.05, 0) is 49.9 Å². The molecule has 0 amide bonds. The van der Waals surface area contributed by atoms with E-state index >= 15 is 0 Å². The van der Waals surface area contributed by atoms with Crippen LogP contribution in [0, 0.1) is 0 Å². The number of benzene rings is 1. The largest absolute Gasteiger partial charge is 0.378 e. The second-order valence-corrected chi connectivity index (χ2v) is 6.49. The molecule has 2 aromatic rings. The monoisotopic (exact) mass is 296 g/mol. The zero-order chi connectivity index (χ0) is 14.8. The number of fused-ring (bicyclic) bond motifs is 1. The molecule has 2 N–H and O–H groups in total. The molecule has 4 heteroatoms. The minimum atomic E-state index is 0.643. The number of aromatic nitrogens is 2. The van der Waals surface area contributed by atoms with Crippen molar-refractivity contribution in [2.75, 3.05) is 11.9 Å². The summed E-state index contributed by atoms with van der Waals surface area (Å²) < 4.78 is 0. The molecule has 2 saturated heterocycles. The van der Waals surface area contributed by atoms with Crippen LogP contribution in [0.3, 0.4) is 0 Å². The third-order valence-corrected chi connectivity index (χ3v) is 5.16. The van der Waals surface area contributed by atoms with Crippen molar-refractivity contribution in [1.29, 1.82) is 0 Å². The normalized spacial score (nSPS) is 25.1. The van der Waals surface area contributed by atoms with Crippen LogP contribution < -0.4 is 5.32 Å². The lowest BCUT2D eigenvalue weighted by atomic mass is 10.0. The zero-order valence-electron chi connectivity index (χ0n) is 13.0. The average Bonchev–Trinajstić information content (AvgIpc) is 3.23. The Hall–Kier alpha value is -1.81. The van der Waals surface area contributed by atoms with Gasteiger partial charge in [0.25, 0.3) is 0 Å². The van der Waals surface area contributed by atoms with Gasteiger partial charge in [0, 0.05) is 30.2 Å². The standard InChI is InChI=1S/C18H24N4/c1-2-12-22-16(3-1)8-9-17(22)14-4-6-15(7-5-14)21-13-18-19-10-11-20-18/h4-7,10-11,16-17,21H,1-3,8-9,12-13H2,(H,19,20)/t16-,17-/m1/s1. The fourth-order valence-electron chi connectivity index (χ4n) is 4.02. The average molecular weight is 296 g/mol. The minimum Gasteiger partial charge on any atom is -0.378 e. The molecule has 22 heavy (non-hydrogen) atoms. The van der Waals surface area contributed by atoms with E-state index in [-0.39, 0.29) is 0 Å². The molecule has 0 spiro atoms. The Balaban J connectivity index is 1.41. The summed E-state index contributed by atoms with van der Waals surface area (Å²) >= 11 is 0. The molecule has 0 unspecified atom stereocenters. The first-order chi connectivity index (χ1) is 10.9. The van der Waals surface area contributed by atoms with Gasteiger partial charge in [0.15, 0.2) is 0 Å². The van der Waals surface area contributed by atoms with Gasteiger partial charge in [-0.1, -0.05) is 18.6 Å². The van der Waals surface area contributed by atoms with Crippen LogP contribution in [0.1, 0.15) is 49.5 Å². The number of piperidine rings is 1. The van der Waals surface area contributed by atoms with Crippen molar-refractivity contribution in [3.8, 4) is 0 Å². The van der Waals surface area contributed by atoms with Crippen LogP contribution in [-0.2, 0) is 6.54 Å². The van der Waals surface area contributed by atoms with Crippen molar-refractivity contribution in [3.05, 3.63) is 48.0 Å². The third kappa shape index (κ3) is 2.75. The highest BCUT2D eigenvalue weighted by molar-refractivity contribution is 5.45. The number of nitrogens with one attached hydrogen (secondary N) is 2. The highest BCUT2D eigenvalue weighted by Crippen LogP contribution is 2.40. The molecule has 116 valence electrons. The Labute approximate surface area is 131 Å². The predicted octanol–water partition coefficient (Wildman–Crippen LogP) is 3.71. The number of imidazole rings is 1. The maximum Gasteiger partial charge on any atom is 0.125 e. The lowest BCUT2D eigenvalue weighted by molar-refractivity contribution is 0.150. The van der Waals surface area contributed by atoms with E-state index in [9.17, 15) is 0 Å². The summed E-state index contributed by atoms with van der Waals surface area (Å²) in [5.74, 6) is 0.969. The molecule has 4 nitrogen and oxygen atoms in total. The quantitative estimate of drug-likeness (QED) is 0.904. The number of hydrogen-bond acceptors (Lipinski definition) is 3. The fourth-order valence-corrected chi connectivity index (χ4v) is 4.02. The van der Waals surface area contributed by atoms with Crippen molar-refractivity contribution in [1.82, 2.24) is 14.9 Å². The number of nitrogens with zero attached hydrogens (tertiary/aromatic N) is 2. The smallest absolute Gasteiger partial charge is 0.125 e. The highest BCUT2D eigenvalue weighted by atomic mass is 15.2. The molecule has 2 aliphatic rings. The summed E-state index contributed by atoms with van der Waals surface area (Å²) in [5, 5.41) is 3.41. The molecular weight excluding hydrogens is 272 g/mol. The second kappa shape index (κ2) is 6.13. The van der Waals surface area contributed by atoms with Gasteiger partial charge in [-0.25, -0.2) is 4.98 Å². The lowest BCUT2D eigenvalue weighted by Crippen LogP contribution is -2.35. The predicted molar refractivity (Wildman–Crippen MR) is 88.7 cm³/mol. The van der Waals surface area contributed by atoms with E-state index in [1.54, 1.807) is 6.20 Å². The molecule has 4 rings (SSSR count). The second-order valence-electron chi connectivity index (χ2n) is 6.49. The van der Waals surface area contributed by atoms with Crippen LogP contribution >= 0.6 is 0 Å². The minimum absolute atomic E-state index is 0.643. The third-order valence-electron chi connectivity index (χ3n) is 5.16. The summed E-state index contributed by atoms with van der Waals surface area (Å²) in [7, 11) is 0. The Morgan fingerprint density at radius 2 is 2.05 bits per heavy atom. The summed E-state index contributed by atoms with van der Waals surface area (Å²) in [5.41, 5.74) is 2.64. The van der Waals surface area contributed by atoms with Crippen molar-refractivity contribution in [2.24, 2.45) is 0 Å². The molecule has 2 atom stereocenters. The van der Waals surface area contributed by atoms with Gasteiger partial charge in [0.1, 0.15) is 5.82 Å². The summed E-state index contributed by atoms with van der Waals surface area (Å²) in [4.78, 5) is 10.1. The molecule has 1 aromatic heterocycles. The van der Waals surface area contributed by atoms with Crippen LogP contribution in [0.2, 0.25) is 0 Å². The Morgan fingerprint density at radius 3 is 2.86 bits per heavy atom. The number of anilines is 1. The van der Waals surface area contributed by atoms with Gasteiger partial charge < -0.3 is 10.3 Å². The number of rotatable bonds is 4. The van der Waals surface area contributed by atoms with E-state index in [1.807, 2.05) is 6.20 Å². The van der Waals surface area contributed by atoms with E-state index in [2.05, 4.69) is 44.5 Å². The van der Waals surface area contributed by atoms with E-state index in [0.29, 0.717) is 6.04 Å². The highest BCUT2D eigenvalue weighted by Gasteiger charge is 2.35. The van der Waals surface area contributed by atoms with Crippen molar-refractivity contribution in [3.63, 3.8) is 0 Å². The summed E-state index contributed by atoms with van der Waals surface area (Å²) in [6, 6.07) is 10.5. The zero-order valence-corrected chi connectivity index (χ0v) is 13.0. The van der Waals surface area contributed by atoms with Crippen LogP contribution in [0.25, 0.3) is 0 Å². The van der Waals surface area contributed by atoms with Crippen molar-refractivity contribution in [2.45, 2.75) is 50.7 Å². The van der Waals surface area contributed by atoms with Crippen LogP contribution in [0.15, 0.2) is 36.7 Å². The molecule has 2 aliphatic heterocycles. The molecule has 3 heterocycles. The maximum absolute atomic E-state index is 4.23. The number of aromatic amines is 1. The molecule has 0 radical (unpaired) electrons. The topological polar surface area (TPSA) is 44.0 Å². The van der Waals surface area contributed by atoms with Crippen molar-refractivity contribution >= 4 is 5.69 Å². The first-order valence-corrected chi connectivity index (χ1v) is 8.48. The Bertz CT molecular complexity index is 590. The Kier molecular flexibility index (Phi) is 3.85. The summed E-state index contributed by atoms with van der Waals surface area (Å²) in [6.45, 7) is 2.03.